The maximum absolute atomic E-state index is 9.00. The number of carboxylic acid groups (broad SMARTS) is 1. The van der Waals surface area contributed by atoms with Crippen molar-refractivity contribution in [1.29, 1.82) is 0 Å². The van der Waals surface area contributed by atoms with E-state index in [0.29, 0.717) is 0 Å². The van der Waals surface area contributed by atoms with Gasteiger partial charge in [-0.25, -0.2) is 10.0 Å². The molecule has 0 saturated heterocycles. The zero-order chi connectivity index (χ0) is 10.9. The average Bonchev–Trinajstić information content (AvgIpc) is 2.09. The number of carboxylic acids is 1. The first-order valence-electron chi connectivity index (χ1n) is 4.91. The Kier molecular flexibility index (Phi) is 23.9. The van der Waals surface area contributed by atoms with E-state index < -0.39 is 5.97 Å². The molecular formula is C10H28MgO3S. The second-order valence-electron chi connectivity index (χ2n) is 2.90. The average molecular weight is 253 g/mol. The van der Waals surface area contributed by atoms with Crippen LogP contribution in [-0.2, 0) is 4.79 Å². The van der Waals surface area contributed by atoms with Crippen molar-refractivity contribution in [3.8, 4) is 0 Å². The molecule has 0 radical (unpaired) electrons. The SMILES string of the molecule is CC(=O)O.CCS(CC)(CC)CC.O.[H-].[H-].[Mg+2]. The van der Waals surface area contributed by atoms with Crippen LogP contribution in [0, 0.1) is 0 Å². The molecule has 0 aliphatic carbocycles. The largest absolute Gasteiger partial charge is 2.00 e. The van der Waals surface area contributed by atoms with Gasteiger partial charge in [0.15, 0.2) is 0 Å². The summed E-state index contributed by atoms with van der Waals surface area (Å²) in [5.41, 5.74) is 0. The van der Waals surface area contributed by atoms with Gasteiger partial charge in [0.25, 0.3) is 5.97 Å². The van der Waals surface area contributed by atoms with Gasteiger partial charge in [-0.3, -0.25) is 4.79 Å². The summed E-state index contributed by atoms with van der Waals surface area (Å²) in [6, 6.07) is 0. The number of aliphatic carboxylic acids is 1. The molecule has 0 atom stereocenters. The molecule has 94 valence electrons. The predicted molar refractivity (Wildman–Crippen MR) is 74.7 cm³/mol. The van der Waals surface area contributed by atoms with Gasteiger partial charge in [-0.05, 0) is 23.0 Å². The van der Waals surface area contributed by atoms with E-state index in [9.17, 15) is 0 Å². The van der Waals surface area contributed by atoms with Crippen LogP contribution in [0.15, 0.2) is 0 Å². The van der Waals surface area contributed by atoms with E-state index in [0.717, 1.165) is 6.92 Å². The van der Waals surface area contributed by atoms with Crippen LogP contribution >= 0.6 is 10.0 Å². The van der Waals surface area contributed by atoms with Gasteiger partial charge in [-0.15, -0.1) is 0 Å². The fourth-order valence-electron chi connectivity index (χ4n) is 1.22. The topological polar surface area (TPSA) is 68.8 Å². The third-order valence-electron chi connectivity index (χ3n) is 2.45. The third kappa shape index (κ3) is 14.5. The molecule has 0 saturated carbocycles. The summed E-state index contributed by atoms with van der Waals surface area (Å²) in [4.78, 5) is 9.00. The summed E-state index contributed by atoms with van der Waals surface area (Å²) in [6.07, 6.45) is 0. The molecule has 0 aromatic rings. The number of hydrogen-bond donors (Lipinski definition) is 1. The number of hydrogen-bond acceptors (Lipinski definition) is 1. The molecule has 0 spiro atoms. The maximum atomic E-state index is 9.00. The zero-order valence-electron chi connectivity index (χ0n) is 12.8. The van der Waals surface area contributed by atoms with Gasteiger partial charge in [-0.2, -0.15) is 0 Å². The van der Waals surface area contributed by atoms with Crippen molar-refractivity contribution in [3.63, 3.8) is 0 Å². The van der Waals surface area contributed by atoms with E-state index in [1.165, 1.54) is 23.0 Å². The molecule has 0 aliphatic rings. The summed E-state index contributed by atoms with van der Waals surface area (Å²) >= 11 is 0. The first-order chi connectivity index (χ1) is 5.97. The maximum Gasteiger partial charge on any atom is 2.00 e. The molecule has 0 fully saturated rings. The smallest absolute Gasteiger partial charge is 1.00 e. The van der Waals surface area contributed by atoms with Crippen molar-refractivity contribution in [2.75, 3.05) is 23.0 Å². The van der Waals surface area contributed by atoms with Crippen LogP contribution in [0.3, 0.4) is 0 Å². The fourth-order valence-corrected chi connectivity index (χ4v) is 3.67. The molecule has 0 amide bonds. The van der Waals surface area contributed by atoms with E-state index in [1.807, 2.05) is 0 Å². The van der Waals surface area contributed by atoms with Gasteiger partial charge in [0, 0.05) is 6.92 Å². The molecule has 0 aliphatic heterocycles. The van der Waals surface area contributed by atoms with Crippen LogP contribution in [-0.4, -0.2) is 62.6 Å². The summed E-state index contributed by atoms with van der Waals surface area (Å²) < 4.78 is 0. The summed E-state index contributed by atoms with van der Waals surface area (Å²) in [5.74, 6) is 4.87. The second-order valence-corrected chi connectivity index (χ2v) is 7.66. The Bertz CT molecular complexity index is 126. The van der Waals surface area contributed by atoms with Gasteiger partial charge in [0.05, 0.1) is 0 Å². The Balaban J connectivity index is -0.0000000338. The molecular weight excluding hydrogens is 224 g/mol. The molecule has 3 nitrogen and oxygen atoms in total. The van der Waals surface area contributed by atoms with E-state index >= 15 is 0 Å². The predicted octanol–water partition coefficient (Wildman–Crippen LogP) is 1.98. The molecule has 0 heterocycles. The quantitative estimate of drug-likeness (QED) is 0.778. The standard InChI is InChI=1S/C8H20S.C2H4O2.Mg.H2O.2H/c1-5-9(6-2,7-3)8-4;1-2(3)4;;;;/h5-8H2,1-4H3;1H3,(H,3,4);;1H2;;/q;;+2;;2*-1. The van der Waals surface area contributed by atoms with Gasteiger partial charge < -0.3 is 13.4 Å². The van der Waals surface area contributed by atoms with Crippen molar-refractivity contribution in [3.05, 3.63) is 0 Å². The molecule has 0 aromatic carbocycles. The fraction of sp³-hybridized carbons (Fsp3) is 0.900. The monoisotopic (exact) mass is 252 g/mol. The molecule has 3 N–H and O–H groups in total. The van der Waals surface area contributed by atoms with Gasteiger partial charge in [-0.1, -0.05) is 27.7 Å². The van der Waals surface area contributed by atoms with Crippen molar-refractivity contribution < 1.29 is 18.2 Å². The van der Waals surface area contributed by atoms with Crippen molar-refractivity contribution in [2.24, 2.45) is 0 Å². The van der Waals surface area contributed by atoms with E-state index in [2.05, 4.69) is 27.7 Å². The first-order valence-corrected chi connectivity index (χ1v) is 7.22. The molecule has 0 aromatic heterocycles. The molecule has 0 rings (SSSR count). The van der Waals surface area contributed by atoms with Crippen molar-refractivity contribution in [1.82, 2.24) is 0 Å². The minimum Gasteiger partial charge on any atom is -1.00 e. The Hall–Kier alpha value is 0.546. The summed E-state index contributed by atoms with van der Waals surface area (Å²) in [5, 5.41) is 7.42. The summed E-state index contributed by atoms with van der Waals surface area (Å²) in [7, 11) is -0.148. The van der Waals surface area contributed by atoms with E-state index in [1.54, 1.807) is 0 Å². The van der Waals surface area contributed by atoms with Crippen molar-refractivity contribution >= 4 is 39.1 Å². The third-order valence-corrected chi connectivity index (χ3v) is 7.35. The second kappa shape index (κ2) is 14.5. The minimum atomic E-state index is -0.833. The Morgan fingerprint density at radius 3 is 1.20 bits per heavy atom. The van der Waals surface area contributed by atoms with Gasteiger partial charge >= 0.3 is 23.1 Å². The van der Waals surface area contributed by atoms with Crippen molar-refractivity contribution in [2.45, 2.75) is 34.6 Å². The normalized spacial score (nSPS) is 9.93. The van der Waals surface area contributed by atoms with Crippen LogP contribution in [0.25, 0.3) is 0 Å². The molecule has 0 unspecified atom stereocenters. The molecule has 0 bridgehead atoms. The minimum absolute atomic E-state index is 0. The van der Waals surface area contributed by atoms with Gasteiger partial charge in [0.1, 0.15) is 0 Å². The molecule has 15 heavy (non-hydrogen) atoms. The van der Waals surface area contributed by atoms with Gasteiger partial charge in [0.2, 0.25) is 0 Å². The van der Waals surface area contributed by atoms with Crippen LogP contribution in [0.5, 0.6) is 0 Å². The van der Waals surface area contributed by atoms with E-state index in [4.69, 9.17) is 9.90 Å². The Morgan fingerprint density at radius 1 is 1.07 bits per heavy atom. The van der Waals surface area contributed by atoms with Crippen LogP contribution < -0.4 is 0 Å². The number of carbonyl (C=O) groups is 1. The van der Waals surface area contributed by atoms with Crippen LogP contribution in [0.2, 0.25) is 0 Å². The Morgan fingerprint density at radius 2 is 1.20 bits per heavy atom. The zero-order valence-corrected chi connectivity index (χ0v) is 13.0. The van der Waals surface area contributed by atoms with Crippen LogP contribution in [0.4, 0.5) is 0 Å². The summed E-state index contributed by atoms with van der Waals surface area (Å²) in [6.45, 7) is 10.4. The Labute approximate surface area is 115 Å². The van der Waals surface area contributed by atoms with E-state index in [-0.39, 0.29) is 41.4 Å². The van der Waals surface area contributed by atoms with Crippen LogP contribution in [0.1, 0.15) is 37.5 Å². The first kappa shape index (κ1) is 24.7. The molecule has 5 heteroatoms. The number of rotatable bonds is 4.